The molecule has 0 bridgehead atoms. The fraction of sp³-hybridized carbons (Fsp3) is 0.364. The van der Waals surface area contributed by atoms with Crippen LogP contribution in [-0.2, 0) is 14.8 Å². The van der Waals surface area contributed by atoms with Crippen LogP contribution in [0.15, 0.2) is 17.0 Å². The Bertz CT molecular complexity index is 726. The summed E-state index contributed by atoms with van der Waals surface area (Å²) in [6.07, 6.45) is -0.949. The first-order valence-corrected chi connectivity index (χ1v) is 7.74. The van der Waals surface area contributed by atoms with E-state index in [9.17, 15) is 23.3 Å². The third-order valence-electron chi connectivity index (χ3n) is 2.19. The number of hydrogen-bond donors (Lipinski definition) is 2. The third kappa shape index (κ3) is 4.83. The maximum Gasteiger partial charge on any atom is 0.412 e. The van der Waals surface area contributed by atoms with E-state index in [0.29, 0.717) is 6.07 Å². The minimum atomic E-state index is -4.24. The molecule has 0 unspecified atom stereocenters. The molecule has 1 aromatic carbocycles. The molecule has 0 atom stereocenters. The molecule has 22 heavy (non-hydrogen) atoms. The number of halogens is 1. The van der Waals surface area contributed by atoms with Crippen LogP contribution in [0.1, 0.15) is 20.8 Å². The number of nitro benzene ring substituents is 1. The lowest BCUT2D eigenvalue weighted by molar-refractivity contribution is -0.384. The molecule has 3 N–H and O–H groups in total. The molecule has 0 aliphatic carbocycles. The summed E-state index contributed by atoms with van der Waals surface area (Å²) in [4.78, 5) is 21.2. The van der Waals surface area contributed by atoms with Crippen molar-refractivity contribution in [3.63, 3.8) is 0 Å². The van der Waals surface area contributed by atoms with Crippen molar-refractivity contribution in [2.75, 3.05) is 5.32 Å². The van der Waals surface area contributed by atoms with Crippen molar-refractivity contribution in [1.82, 2.24) is 0 Å². The van der Waals surface area contributed by atoms with Crippen LogP contribution < -0.4 is 10.5 Å². The molecule has 0 heterocycles. The molecule has 1 aromatic rings. The topological polar surface area (TPSA) is 142 Å². The van der Waals surface area contributed by atoms with Gasteiger partial charge in [-0.3, -0.25) is 15.4 Å². The number of carbonyl (C=O) groups is 1. The normalized spacial score (nSPS) is 11.9. The number of primary sulfonamides is 1. The number of benzene rings is 1. The monoisotopic (exact) mass is 351 g/mol. The average molecular weight is 352 g/mol. The highest BCUT2D eigenvalue weighted by Gasteiger charge is 2.25. The number of nitrogens with zero attached hydrogens (tertiary/aromatic N) is 1. The maximum absolute atomic E-state index is 11.7. The van der Waals surface area contributed by atoms with Crippen LogP contribution in [0, 0.1) is 10.1 Å². The van der Waals surface area contributed by atoms with Crippen LogP contribution >= 0.6 is 11.6 Å². The predicted octanol–water partition coefficient (Wildman–Crippen LogP) is 2.24. The van der Waals surface area contributed by atoms with Gasteiger partial charge in [-0.05, 0) is 26.8 Å². The van der Waals surface area contributed by atoms with Gasteiger partial charge in [0.25, 0.3) is 5.69 Å². The smallest absolute Gasteiger partial charge is 0.412 e. The Morgan fingerprint density at radius 2 is 1.95 bits per heavy atom. The third-order valence-corrected chi connectivity index (χ3v) is 3.56. The zero-order valence-electron chi connectivity index (χ0n) is 11.9. The number of carbonyl (C=O) groups excluding carboxylic acids is 1. The van der Waals surface area contributed by atoms with Crippen molar-refractivity contribution >= 4 is 39.1 Å². The molecular weight excluding hydrogens is 338 g/mol. The van der Waals surface area contributed by atoms with E-state index in [2.05, 4.69) is 5.32 Å². The van der Waals surface area contributed by atoms with Crippen LogP contribution in [-0.4, -0.2) is 25.0 Å². The van der Waals surface area contributed by atoms with Crippen LogP contribution in [0.3, 0.4) is 0 Å². The molecule has 0 aromatic heterocycles. The van der Waals surface area contributed by atoms with Gasteiger partial charge in [0.1, 0.15) is 16.2 Å². The molecule has 1 amide bonds. The lowest BCUT2D eigenvalue weighted by atomic mass is 10.2. The number of hydrogen-bond acceptors (Lipinski definition) is 6. The molecule has 9 nitrogen and oxygen atoms in total. The van der Waals surface area contributed by atoms with Crippen LogP contribution in [0.2, 0.25) is 5.02 Å². The average Bonchev–Trinajstić information content (AvgIpc) is 2.23. The van der Waals surface area contributed by atoms with E-state index in [1.807, 2.05) is 0 Å². The molecule has 0 saturated heterocycles. The second-order valence-electron chi connectivity index (χ2n) is 5.23. The Balaban J connectivity index is 3.29. The van der Waals surface area contributed by atoms with Gasteiger partial charge in [0.15, 0.2) is 0 Å². The molecule has 0 saturated carbocycles. The summed E-state index contributed by atoms with van der Waals surface area (Å²) >= 11 is 5.73. The largest absolute Gasteiger partial charge is 0.444 e. The van der Waals surface area contributed by atoms with Gasteiger partial charge in [-0.2, -0.15) is 0 Å². The Morgan fingerprint density at radius 1 is 1.41 bits per heavy atom. The fourth-order valence-corrected chi connectivity index (χ4v) is 2.52. The lowest BCUT2D eigenvalue weighted by Crippen LogP contribution is -2.27. The number of rotatable bonds is 3. The van der Waals surface area contributed by atoms with Crippen LogP contribution in [0.5, 0.6) is 0 Å². The van der Waals surface area contributed by atoms with Crippen molar-refractivity contribution in [2.24, 2.45) is 5.14 Å². The van der Waals surface area contributed by atoms with Crippen LogP contribution in [0.25, 0.3) is 0 Å². The van der Waals surface area contributed by atoms with Crippen molar-refractivity contribution in [3.05, 3.63) is 27.3 Å². The molecule has 122 valence electrons. The summed E-state index contributed by atoms with van der Waals surface area (Å²) < 4.78 is 27.6. The molecule has 0 aliphatic rings. The van der Waals surface area contributed by atoms with E-state index in [1.54, 1.807) is 20.8 Å². The number of nitrogens with two attached hydrogens (primary N) is 1. The first kappa shape index (κ1) is 18.1. The van der Waals surface area contributed by atoms with E-state index >= 15 is 0 Å². The SMILES string of the molecule is CC(C)(C)OC(=O)Nc1cc(Cl)c(S(N)(=O)=O)cc1[N+](=O)[O-]. The number of anilines is 1. The van der Waals surface area contributed by atoms with Gasteiger partial charge in [0.05, 0.1) is 9.95 Å². The van der Waals surface area contributed by atoms with Gasteiger partial charge < -0.3 is 4.74 Å². The fourth-order valence-electron chi connectivity index (χ4n) is 1.43. The summed E-state index contributed by atoms with van der Waals surface area (Å²) in [6, 6.07) is 1.59. The van der Waals surface area contributed by atoms with Crippen molar-refractivity contribution in [1.29, 1.82) is 0 Å². The molecular formula is C11H14ClN3O6S. The zero-order chi connectivity index (χ0) is 17.3. The summed E-state index contributed by atoms with van der Waals surface area (Å²) in [5, 5.41) is 17.7. The predicted molar refractivity (Wildman–Crippen MR) is 79.3 cm³/mol. The second kappa shape index (κ2) is 6.07. The van der Waals surface area contributed by atoms with Crippen LogP contribution in [0.4, 0.5) is 16.2 Å². The molecule has 1 rings (SSSR count). The van der Waals surface area contributed by atoms with Crippen molar-refractivity contribution < 1.29 is 22.9 Å². The van der Waals surface area contributed by atoms with Gasteiger partial charge in [0, 0.05) is 6.07 Å². The van der Waals surface area contributed by atoms with Crippen molar-refractivity contribution in [3.8, 4) is 0 Å². The minimum Gasteiger partial charge on any atom is -0.444 e. The quantitative estimate of drug-likeness (QED) is 0.631. The Hall–Kier alpha value is -1.91. The summed E-state index contributed by atoms with van der Waals surface area (Å²) in [6.45, 7) is 4.83. The van der Waals surface area contributed by atoms with Gasteiger partial charge in [0.2, 0.25) is 10.0 Å². The Labute approximate surface area is 131 Å². The van der Waals surface area contributed by atoms with E-state index < -0.39 is 37.2 Å². The molecule has 0 aliphatic heterocycles. The molecule has 0 fully saturated rings. The number of amides is 1. The number of sulfonamides is 1. The highest BCUT2D eigenvalue weighted by Crippen LogP contribution is 2.33. The number of nitrogens with one attached hydrogen (secondary N) is 1. The zero-order valence-corrected chi connectivity index (χ0v) is 13.5. The molecule has 0 spiro atoms. The second-order valence-corrected chi connectivity index (χ2v) is 7.17. The summed E-state index contributed by atoms with van der Waals surface area (Å²) in [5.74, 6) is 0. The van der Waals surface area contributed by atoms with Crippen molar-refractivity contribution in [2.45, 2.75) is 31.3 Å². The highest BCUT2D eigenvalue weighted by molar-refractivity contribution is 7.89. The van der Waals surface area contributed by atoms with E-state index in [0.717, 1.165) is 6.07 Å². The standard InChI is InChI=1S/C11H14ClN3O6S/c1-11(2,3)21-10(16)14-7-4-6(12)9(22(13,19)20)5-8(7)15(17)18/h4-5H,1-3H3,(H,14,16)(H2,13,19,20). The minimum absolute atomic E-state index is 0.309. The number of ether oxygens (including phenoxy) is 1. The highest BCUT2D eigenvalue weighted by atomic mass is 35.5. The number of nitro groups is 1. The maximum atomic E-state index is 11.7. The Kier molecular flexibility index (Phi) is 5.00. The first-order valence-electron chi connectivity index (χ1n) is 5.82. The van der Waals surface area contributed by atoms with Gasteiger partial charge in [-0.1, -0.05) is 11.6 Å². The van der Waals surface area contributed by atoms with Gasteiger partial charge >= 0.3 is 6.09 Å². The van der Waals surface area contributed by atoms with Gasteiger partial charge in [-0.15, -0.1) is 0 Å². The summed E-state index contributed by atoms with van der Waals surface area (Å²) in [7, 11) is -4.24. The van der Waals surface area contributed by atoms with Gasteiger partial charge in [-0.25, -0.2) is 18.4 Å². The van der Waals surface area contributed by atoms with E-state index in [4.69, 9.17) is 21.5 Å². The molecule has 11 heteroatoms. The van der Waals surface area contributed by atoms with E-state index in [-0.39, 0.29) is 10.7 Å². The van der Waals surface area contributed by atoms with E-state index in [1.165, 1.54) is 0 Å². The Morgan fingerprint density at radius 3 is 2.36 bits per heavy atom. The lowest BCUT2D eigenvalue weighted by Gasteiger charge is -2.19. The first-order chi connectivity index (χ1) is 9.81. The summed E-state index contributed by atoms with van der Waals surface area (Å²) in [5.41, 5.74) is -1.81. The molecule has 0 radical (unpaired) electrons.